The number of rotatable bonds is 7. The van der Waals surface area contributed by atoms with Crippen molar-refractivity contribution >= 4 is 43.2 Å². The number of hydrogen-bond acceptors (Lipinski definition) is 9. The average molecular weight is 515 g/mol. The lowest BCUT2D eigenvalue weighted by molar-refractivity contribution is 0.0958. The summed E-state index contributed by atoms with van der Waals surface area (Å²) in [7, 11) is -3.23. The van der Waals surface area contributed by atoms with Gasteiger partial charge in [0.1, 0.15) is 20.1 Å². The zero-order valence-corrected chi connectivity index (χ0v) is 20.9. The minimum Gasteiger partial charge on any atom is -0.351 e. The number of aromatic nitrogens is 2. The molecule has 2 aromatic heterocycles. The molecule has 12 heteroatoms. The summed E-state index contributed by atoms with van der Waals surface area (Å²) >= 11 is 1.12. The first-order valence-corrected chi connectivity index (χ1v) is 14.1. The van der Waals surface area contributed by atoms with Crippen molar-refractivity contribution in [2.24, 2.45) is 5.73 Å². The molecular formula is C23H26N6O4S2. The summed E-state index contributed by atoms with van der Waals surface area (Å²) in [6.07, 6.45) is 2.81. The van der Waals surface area contributed by atoms with Crippen LogP contribution in [0.4, 0.5) is 5.95 Å². The first-order chi connectivity index (χ1) is 16.7. The van der Waals surface area contributed by atoms with Crippen LogP contribution in [0.15, 0.2) is 34.4 Å². The minimum absolute atomic E-state index is 0.0369. The van der Waals surface area contributed by atoms with Crippen LogP contribution in [0, 0.1) is 11.3 Å². The molecule has 35 heavy (non-hydrogen) atoms. The van der Waals surface area contributed by atoms with E-state index in [9.17, 15) is 23.3 Å². The number of benzene rings is 1. The van der Waals surface area contributed by atoms with Gasteiger partial charge in [-0.05, 0) is 24.5 Å². The quantitative estimate of drug-likeness (QED) is 0.475. The van der Waals surface area contributed by atoms with Crippen molar-refractivity contribution in [2.45, 2.75) is 25.4 Å². The molecule has 1 amide bonds. The number of nitrogens with zero attached hydrogens (tertiary/aromatic N) is 4. The Labute approximate surface area is 206 Å². The van der Waals surface area contributed by atoms with E-state index >= 15 is 0 Å². The highest BCUT2D eigenvalue weighted by atomic mass is 32.2. The average Bonchev–Trinajstić information content (AvgIpc) is 3.24. The Kier molecular flexibility index (Phi) is 7.20. The van der Waals surface area contributed by atoms with Gasteiger partial charge in [0.2, 0.25) is 5.95 Å². The molecule has 3 aromatic rings. The summed E-state index contributed by atoms with van der Waals surface area (Å²) in [6.45, 7) is 1.29. The molecule has 1 atom stereocenters. The van der Waals surface area contributed by atoms with Crippen LogP contribution in [0.3, 0.4) is 0 Å². The molecule has 1 aromatic carbocycles. The summed E-state index contributed by atoms with van der Waals surface area (Å²) < 4.78 is 24.6. The van der Waals surface area contributed by atoms with Gasteiger partial charge in [-0.2, -0.15) is 5.26 Å². The fraction of sp³-hybridized carbons (Fsp3) is 0.391. The van der Waals surface area contributed by atoms with Crippen LogP contribution in [0.1, 0.15) is 34.3 Å². The van der Waals surface area contributed by atoms with Gasteiger partial charge in [-0.25, -0.2) is 13.4 Å². The smallest absolute Gasteiger partial charge is 0.273 e. The van der Waals surface area contributed by atoms with E-state index in [0.29, 0.717) is 34.9 Å². The highest BCUT2D eigenvalue weighted by Crippen LogP contribution is 2.26. The fourth-order valence-electron chi connectivity index (χ4n) is 4.11. The molecule has 1 aliphatic rings. The lowest BCUT2D eigenvalue weighted by Crippen LogP contribution is -2.45. The number of sulfone groups is 1. The summed E-state index contributed by atoms with van der Waals surface area (Å²) in [5, 5.41) is 13.7. The highest BCUT2D eigenvalue weighted by molar-refractivity contribution is 7.90. The van der Waals surface area contributed by atoms with Gasteiger partial charge in [0.15, 0.2) is 0 Å². The number of nitrogens with two attached hydrogens (primary N) is 1. The Morgan fingerprint density at radius 3 is 2.86 bits per heavy atom. The lowest BCUT2D eigenvalue weighted by Gasteiger charge is -2.33. The first kappa shape index (κ1) is 24.8. The number of carbonyl (C=O) groups excluding carboxylic acids is 1. The maximum absolute atomic E-state index is 13.6. The van der Waals surface area contributed by atoms with E-state index in [-0.39, 0.29) is 41.5 Å². The maximum atomic E-state index is 13.6. The Bertz CT molecular complexity index is 1470. The molecule has 10 nitrogen and oxygen atoms in total. The second-order valence-corrected chi connectivity index (χ2v) is 11.8. The Morgan fingerprint density at radius 1 is 1.37 bits per heavy atom. The van der Waals surface area contributed by atoms with Crippen molar-refractivity contribution in [3.63, 3.8) is 0 Å². The SMILES string of the molecule is CS(=O)(=O)CCNC(=O)c1csc2c(=O)n(Cc3ccccc3C#N)c(N3CCCC(N)C3)nc12. The third-order valence-electron chi connectivity index (χ3n) is 5.87. The molecule has 0 bridgehead atoms. The van der Waals surface area contributed by atoms with Crippen LogP contribution >= 0.6 is 11.3 Å². The highest BCUT2D eigenvalue weighted by Gasteiger charge is 2.25. The minimum atomic E-state index is -3.23. The monoisotopic (exact) mass is 514 g/mol. The van der Waals surface area contributed by atoms with E-state index in [1.54, 1.807) is 28.1 Å². The third-order valence-corrected chi connectivity index (χ3v) is 7.77. The molecule has 1 saturated heterocycles. The Balaban J connectivity index is 1.79. The van der Waals surface area contributed by atoms with Gasteiger partial charge in [0, 0.05) is 37.3 Å². The number of carbonyl (C=O) groups is 1. The summed E-state index contributed by atoms with van der Waals surface area (Å²) in [5.74, 6) is -0.273. The van der Waals surface area contributed by atoms with Crippen LogP contribution in [-0.2, 0) is 16.4 Å². The van der Waals surface area contributed by atoms with Gasteiger partial charge in [-0.1, -0.05) is 18.2 Å². The van der Waals surface area contributed by atoms with Crippen LogP contribution in [-0.4, -0.2) is 61.6 Å². The molecule has 3 N–H and O–H groups in total. The molecule has 1 aliphatic heterocycles. The molecule has 3 heterocycles. The van der Waals surface area contributed by atoms with E-state index in [0.717, 1.165) is 30.4 Å². The van der Waals surface area contributed by atoms with E-state index in [1.165, 1.54) is 0 Å². The van der Waals surface area contributed by atoms with Gasteiger partial charge in [0.25, 0.3) is 11.5 Å². The number of fused-ring (bicyclic) bond motifs is 1. The fourth-order valence-corrected chi connectivity index (χ4v) is 5.51. The maximum Gasteiger partial charge on any atom is 0.273 e. The van der Waals surface area contributed by atoms with Crippen LogP contribution in [0.2, 0.25) is 0 Å². The number of nitrogens with one attached hydrogen (secondary N) is 1. The second-order valence-electron chi connectivity index (χ2n) is 8.63. The number of anilines is 1. The Hall–Kier alpha value is -3.27. The van der Waals surface area contributed by atoms with Gasteiger partial charge < -0.3 is 16.0 Å². The van der Waals surface area contributed by atoms with Crippen molar-refractivity contribution in [3.05, 3.63) is 56.7 Å². The van der Waals surface area contributed by atoms with Crippen LogP contribution in [0.5, 0.6) is 0 Å². The number of nitriles is 1. The number of thiophene rings is 1. The van der Waals surface area contributed by atoms with Crippen molar-refractivity contribution in [1.82, 2.24) is 14.9 Å². The second kappa shape index (κ2) is 10.2. The summed E-state index contributed by atoms with van der Waals surface area (Å²) in [4.78, 5) is 33.2. The number of hydrogen-bond donors (Lipinski definition) is 2. The van der Waals surface area contributed by atoms with E-state index in [1.807, 2.05) is 11.0 Å². The zero-order chi connectivity index (χ0) is 25.2. The molecule has 4 rings (SSSR count). The van der Waals surface area contributed by atoms with Gasteiger partial charge in [-0.15, -0.1) is 11.3 Å². The molecule has 0 saturated carbocycles. The topological polar surface area (TPSA) is 151 Å². The molecule has 184 valence electrons. The number of piperidine rings is 1. The predicted octanol–water partition coefficient (Wildman–Crippen LogP) is 1.08. The van der Waals surface area contributed by atoms with Crippen molar-refractivity contribution in [2.75, 3.05) is 36.5 Å². The molecule has 1 unspecified atom stereocenters. The Morgan fingerprint density at radius 2 is 2.14 bits per heavy atom. The number of amides is 1. The zero-order valence-electron chi connectivity index (χ0n) is 19.2. The predicted molar refractivity (Wildman–Crippen MR) is 136 cm³/mol. The van der Waals surface area contributed by atoms with Gasteiger partial charge in [0.05, 0.1) is 29.5 Å². The first-order valence-electron chi connectivity index (χ1n) is 11.1. The largest absolute Gasteiger partial charge is 0.351 e. The molecule has 0 aliphatic carbocycles. The summed E-state index contributed by atoms with van der Waals surface area (Å²) in [5.41, 5.74) is 7.55. The molecule has 0 spiro atoms. The molecule has 0 radical (unpaired) electrons. The van der Waals surface area contributed by atoms with E-state index in [4.69, 9.17) is 10.7 Å². The molecular weight excluding hydrogens is 488 g/mol. The lowest BCUT2D eigenvalue weighted by atomic mass is 10.1. The van der Waals surface area contributed by atoms with Crippen molar-refractivity contribution < 1.29 is 13.2 Å². The van der Waals surface area contributed by atoms with E-state index < -0.39 is 15.7 Å². The van der Waals surface area contributed by atoms with Crippen LogP contribution < -0.4 is 21.5 Å². The standard InChI is InChI=1S/C23H26N6O4S2/c1-35(32,33)10-8-26-21(30)18-14-34-20-19(18)27-23(28-9-4-7-17(25)13-28)29(22(20)31)12-16-6-3-2-5-15(16)11-24/h2-3,5-6,14,17H,4,7-10,12-13,25H2,1H3,(H,26,30). The van der Waals surface area contributed by atoms with E-state index in [2.05, 4.69) is 11.4 Å². The van der Waals surface area contributed by atoms with Gasteiger partial charge >= 0.3 is 0 Å². The van der Waals surface area contributed by atoms with Crippen molar-refractivity contribution in [3.8, 4) is 6.07 Å². The molecule has 1 fully saturated rings. The van der Waals surface area contributed by atoms with Crippen molar-refractivity contribution in [1.29, 1.82) is 5.26 Å². The summed E-state index contributed by atoms with van der Waals surface area (Å²) in [6, 6.07) is 9.18. The normalized spacial score (nSPS) is 16.3. The van der Waals surface area contributed by atoms with Crippen LogP contribution in [0.25, 0.3) is 10.2 Å². The van der Waals surface area contributed by atoms with Gasteiger partial charge in [-0.3, -0.25) is 14.2 Å². The third kappa shape index (κ3) is 5.53.